The molecule has 0 atom stereocenters. The van der Waals surface area contributed by atoms with Gasteiger partial charge in [0.1, 0.15) is 9.75 Å². The SMILES string of the molecule is Cc1ccc(-c2nc(Nc3cccc(C(F)(F)F)c3)sc2C(=O)c2sc(Nc3cccc(C(F)(F)F)c3)nc2-c2ccc(C)cc2)cc1. The number of aryl methyl sites for hydroxylation is 2. The first-order valence-corrected chi connectivity index (χ1v) is 16.0. The van der Waals surface area contributed by atoms with E-state index in [1.807, 2.05) is 38.1 Å². The van der Waals surface area contributed by atoms with Crippen molar-refractivity contribution in [3.8, 4) is 22.5 Å². The number of alkyl halides is 6. The molecule has 0 fully saturated rings. The number of carbonyl (C=O) groups excluding carboxylic acids is 1. The number of nitrogens with zero attached hydrogens (tertiary/aromatic N) is 2. The molecule has 2 N–H and O–H groups in total. The number of halogens is 6. The summed E-state index contributed by atoms with van der Waals surface area (Å²) in [6.07, 6.45) is -9.10. The molecule has 48 heavy (non-hydrogen) atoms. The molecule has 0 saturated carbocycles. The smallest absolute Gasteiger partial charge is 0.332 e. The molecule has 0 spiro atoms. The Morgan fingerprint density at radius 3 is 1.31 bits per heavy atom. The van der Waals surface area contributed by atoms with E-state index in [4.69, 9.17) is 0 Å². The summed E-state index contributed by atoms with van der Waals surface area (Å²) >= 11 is 1.95. The van der Waals surface area contributed by atoms with E-state index in [0.29, 0.717) is 22.5 Å². The van der Waals surface area contributed by atoms with Gasteiger partial charge in [-0.3, -0.25) is 4.79 Å². The fraction of sp³-hybridized carbons (Fsp3) is 0.114. The largest absolute Gasteiger partial charge is 0.416 e. The summed E-state index contributed by atoms with van der Waals surface area (Å²) in [4.78, 5) is 24.1. The Hall–Kier alpha value is -5.01. The molecule has 0 bridgehead atoms. The van der Waals surface area contributed by atoms with Gasteiger partial charge in [-0.2, -0.15) is 26.3 Å². The monoisotopic (exact) mass is 694 g/mol. The second-order valence-electron chi connectivity index (χ2n) is 10.9. The van der Waals surface area contributed by atoms with Gasteiger partial charge in [-0.25, -0.2) is 9.97 Å². The van der Waals surface area contributed by atoms with Crippen LogP contribution in [0.1, 0.15) is 36.8 Å². The lowest BCUT2D eigenvalue weighted by Gasteiger charge is -2.08. The lowest BCUT2D eigenvalue weighted by molar-refractivity contribution is -0.138. The molecule has 5 nitrogen and oxygen atoms in total. The Morgan fingerprint density at radius 2 is 0.958 bits per heavy atom. The first-order valence-electron chi connectivity index (χ1n) is 14.3. The lowest BCUT2D eigenvalue weighted by Crippen LogP contribution is -2.05. The van der Waals surface area contributed by atoms with Gasteiger partial charge in [-0.1, -0.05) is 94.5 Å². The number of rotatable bonds is 8. The van der Waals surface area contributed by atoms with Gasteiger partial charge in [-0.15, -0.1) is 0 Å². The van der Waals surface area contributed by atoms with E-state index in [-0.39, 0.29) is 31.4 Å². The molecule has 6 rings (SSSR count). The summed E-state index contributed by atoms with van der Waals surface area (Å²) in [5.41, 5.74) is 2.39. The minimum Gasteiger partial charge on any atom is -0.332 e. The van der Waals surface area contributed by atoms with Crippen LogP contribution in [0.4, 0.5) is 48.0 Å². The van der Waals surface area contributed by atoms with E-state index >= 15 is 0 Å². The van der Waals surface area contributed by atoms with Crippen LogP contribution in [-0.2, 0) is 12.4 Å². The van der Waals surface area contributed by atoms with Crippen LogP contribution < -0.4 is 10.6 Å². The Morgan fingerprint density at radius 1 is 0.583 bits per heavy atom. The molecule has 4 aromatic carbocycles. The molecule has 13 heteroatoms. The average Bonchev–Trinajstić information content (AvgIpc) is 3.65. The molecular formula is C35H24F6N4OS2. The van der Waals surface area contributed by atoms with Crippen molar-refractivity contribution in [2.75, 3.05) is 10.6 Å². The van der Waals surface area contributed by atoms with Crippen LogP contribution >= 0.6 is 22.7 Å². The highest BCUT2D eigenvalue weighted by atomic mass is 32.1. The fourth-order valence-corrected chi connectivity index (χ4v) is 6.74. The molecule has 0 radical (unpaired) electrons. The quantitative estimate of drug-likeness (QED) is 0.123. The third-order valence-electron chi connectivity index (χ3n) is 7.20. The van der Waals surface area contributed by atoms with Crippen molar-refractivity contribution in [1.29, 1.82) is 0 Å². The second-order valence-corrected chi connectivity index (χ2v) is 12.9. The molecule has 6 aromatic rings. The van der Waals surface area contributed by atoms with Gasteiger partial charge in [0.25, 0.3) is 0 Å². The van der Waals surface area contributed by atoms with Crippen molar-refractivity contribution < 1.29 is 31.1 Å². The number of nitrogens with one attached hydrogen (secondary N) is 2. The van der Waals surface area contributed by atoms with Crippen LogP contribution in [0.3, 0.4) is 0 Å². The molecule has 0 aliphatic heterocycles. The maximum absolute atomic E-state index is 14.5. The van der Waals surface area contributed by atoms with E-state index in [0.717, 1.165) is 58.1 Å². The summed E-state index contributed by atoms with van der Waals surface area (Å²) in [7, 11) is 0. The predicted molar refractivity (Wildman–Crippen MR) is 177 cm³/mol. The summed E-state index contributed by atoms with van der Waals surface area (Å²) < 4.78 is 80.3. The summed E-state index contributed by atoms with van der Waals surface area (Å²) in [5, 5.41) is 6.21. The van der Waals surface area contributed by atoms with Gasteiger partial charge in [-0.05, 0) is 50.2 Å². The first-order chi connectivity index (χ1) is 22.7. The highest BCUT2D eigenvalue weighted by Gasteiger charge is 2.32. The van der Waals surface area contributed by atoms with Crippen molar-refractivity contribution in [3.05, 3.63) is 129 Å². The van der Waals surface area contributed by atoms with Crippen LogP contribution in [0.25, 0.3) is 22.5 Å². The molecule has 0 aliphatic carbocycles. The zero-order chi connectivity index (χ0) is 34.2. The third kappa shape index (κ3) is 7.26. The maximum atomic E-state index is 14.5. The van der Waals surface area contributed by atoms with Crippen LogP contribution in [-0.4, -0.2) is 15.8 Å². The number of anilines is 4. The number of hydrogen-bond acceptors (Lipinski definition) is 7. The third-order valence-corrected chi connectivity index (χ3v) is 9.14. The van der Waals surface area contributed by atoms with Crippen molar-refractivity contribution in [3.63, 3.8) is 0 Å². The summed E-state index contributed by atoms with van der Waals surface area (Å²) in [6, 6.07) is 23.9. The Bertz CT molecular complexity index is 1950. The average molecular weight is 695 g/mol. The second kappa shape index (κ2) is 12.9. The van der Waals surface area contributed by atoms with Gasteiger partial charge in [0, 0.05) is 22.5 Å². The molecule has 0 saturated heterocycles. The lowest BCUT2D eigenvalue weighted by atomic mass is 10.0. The van der Waals surface area contributed by atoms with Crippen LogP contribution in [0, 0.1) is 13.8 Å². The summed E-state index contributed by atoms with van der Waals surface area (Å²) in [5.74, 6) is -0.453. The van der Waals surface area contributed by atoms with Crippen LogP contribution in [0.5, 0.6) is 0 Å². The standard InChI is InChI=1S/C35H24F6N4OS2/c1-19-9-13-21(14-10-19)27-30(47-32(44-27)42-25-7-3-5-23(17-25)34(36,37)38)29(46)31-28(22-15-11-20(2)12-16-22)45-33(48-31)43-26-8-4-6-24(18-26)35(39,40)41/h3-18H,1-2H3,(H,42,44)(H,43,45). The van der Waals surface area contributed by atoms with Crippen molar-refractivity contribution in [2.24, 2.45) is 0 Å². The predicted octanol–water partition coefficient (Wildman–Crippen LogP) is 11.3. The van der Waals surface area contributed by atoms with E-state index < -0.39 is 29.3 Å². The normalized spacial score (nSPS) is 11.8. The van der Waals surface area contributed by atoms with Crippen molar-refractivity contribution in [2.45, 2.75) is 26.2 Å². The Balaban J connectivity index is 1.44. The molecule has 244 valence electrons. The fourth-order valence-electron chi connectivity index (χ4n) is 4.77. The number of aromatic nitrogens is 2. The van der Waals surface area contributed by atoms with Gasteiger partial charge < -0.3 is 10.6 Å². The topological polar surface area (TPSA) is 66.9 Å². The van der Waals surface area contributed by atoms with Gasteiger partial charge in [0.15, 0.2) is 10.3 Å². The molecular weight excluding hydrogens is 671 g/mol. The zero-order valence-electron chi connectivity index (χ0n) is 25.1. The maximum Gasteiger partial charge on any atom is 0.416 e. The molecule has 2 heterocycles. The molecule has 0 amide bonds. The van der Waals surface area contributed by atoms with Crippen molar-refractivity contribution >= 4 is 50.1 Å². The highest BCUT2D eigenvalue weighted by Crippen LogP contribution is 2.41. The van der Waals surface area contributed by atoms with Crippen molar-refractivity contribution in [1.82, 2.24) is 9.97 Å². The Kier molecular flexibility index (Phi) is 8.84. The van der Waals surface area contributed by atoms with E-state index in [1.54, 1.807) is 24.3 Å². The minimum atomic E-state index is -4.55. The van der Waals surface area contributed by atoms with Gasteiger partial charge in [0.2, 0.25) is 5.78 Å². The van der Waals surface area contributed by atoms with E-state index in [2.05, 4.69) is 20.6 Å². The zero-order valence-corrected chi connectivity index (χ0v) is 26.8. The molecule has 0 unspecified atom stereocenters. The number of benzene rings is 4. The van der Waals surface area contributed by atoms with Gasteiger partial charge >= 0.3 is 12.4 Å². The highest BCUT2D eigenvalue weighted by molar-refractivity contribution is 7.21. The van der Waals surface area contributed by atoms with Crippen LogP contribution in [0.2, 0.25) is 0 Å². The summed E-state index contributed by atoms with van der Waals surface area (Å²) in [6.45, 7) is 3.81. The minimum absolute atomic E-state index is 0.138. The van der Waals surface area contributed by atoms with Gasteiger partial charge in [0.05, 0.1) is 22.5 Å². The molecule has 2 aromatic heterocycles. The molecule has 0 aliphatic rings. The number of hydrogen-bond donors (Lipinski definition) is 2. The number of ketones is 1. The number of carbonyl (C=O) groups is 1. The Labute approximate surface area is 279 Å². The van der Waals surface area contributed by atoms with E-state index in [1.165, 1.54) is 24.3 Å². The van der Waals surface area contributed by atoms with Crippen LogP contribution in [0.15, 0.2) is 97.1 Å². The first kappa shape index (κ1) is 32.9. The van der Waals surface area contributed by atoms with E-state index in [9.17, 15) is 31.1 Å². The number of thiazole rings is 2.